The highest BCUT2D eigenvalue weighted by Crippen LogP contribution is 2.50. The largest absolute Gasteiger partial charge is 0.324 e. The summed E-state index contributed by atoms with van der Waals surface area (Å²) >= 11 is 6.11. The average Bonchev–Trinajstić information content (AvgIpc) is 3.17. The second-order valence-electron chi connectivity index (χ2n) is 6.88. The Bertz CT molecular complexity index is 1140. The van der Waals surface area contributed by atoms with Crippen LogP contribution < -0.4 is 10.6 Å². The maximum absolute atomic E-state index is 13.1. The van der Waals surface area contributed by atoms with Crippen molar-refractivity contribution in [2.75, 3.05) is 10.6 Å². The molecule has 1 spiro atoms. The predicted octanol–water partition coefficient (Wildman–Crippen LogP) is 3.41. The molecule has 1 atom stereocenters. The fourth-order valence-corrected chi connectivity index (χ4v) is 4.26. The SMILES string of the molecule is Cc1cccc2c1NC(=O)[C@]21CC(=O)Nc2c1cnn2-c1cccc(Cl)c1. The van der Waals surface area contributed by atoms with Crippen LogP contribution >= 0.6 is 11.6 Å². The minimum atomic E-state index is -1.07. The van der Waals surface area contributed by atoms with E-state index < -0.39 is 5.41 Å². The van der Waals surface area contributed by atoms with Crippen LogP contribution in [0.2, 0.25) is 5.02 Å². The number of carbonyl (C=O) groups is 2. The van der Waals surface area contributed by atoms with E-state index in [-0.39, 0.29) is 18.2 Å². The molecular formula is C20H15ClN4O2. The van der Waals surface area contributed by atoms with Gasteiger partial charge in [0.05, 0.1) is 11.9 Å². The molecule has 2 aliphatic heterocycles. The van der Waals surface area contributed by atoms with Crippen LogP contribution in [0.5, 0.6) is 0 Å². The number of anilines is 2. The van der Waals surface area contributed by atoms with Crippen molar-refractivity contribution in [2.24, 2.45) is 0 Å². The van der Waals surface area contributed by atoms with E-state index in [2.05, 4.69) is 15.7 Å². The van der Waals surface area contributed by atoms with Crippen LogP contribution in [-0.2, 0) is 15.0 Å². The highest BCUT2D eigenvalue weighted by Gasteiger charge is 2.54. The van der Waals surface area contributed by atoms with E-state index in [1.807, 2.05) is 37.3 Å². The quantitative estimate of drug-likeness (QED) is 0.681. The second kappa shape index (κ2) is 5.44. The Hall–Kier alpha value is -3.12. The van der Waals surface area contributed by atoms with Gasteiger partial charge in [0, 0.05) is 22.7 Å². The summed E-state index contributed by atoms with van der Waals surface area (Å²) in [6.45, 7) is 1.94. The molecule has 1 aromatic heterocycles. The van der Waals surface area contributed by atoms with Gasteiger partial charge in [-0.15, -0.1) is 0 Å². The number of hydrogen-bond donors (Lipinski definition) is 2. The highest BCUT2D eigenvalue weighted by molar-refractivity contribution is 6.30. The summed E-state index contributed by atoms with van der Waals surface area (Å²) in [5.74, 6) is 0.0716. The molecule has 2 N–H and O–H groups in total. The van der Waals surface area contributed by atoms with E-state index in [0.29, 0.717) is 22.1 Å². The van der Waals surface area contributed by atoms with E-state index in [4.69, 9.17) is 11.6 Å². The Kier molecular flexibility index (Phi) is 3.24. The molecule has 6 nitrogen and oxygen atoms in total. The lowest BCUT2D eigenvalue weighted by Crippen LogP contribution is -2.43. The zero-order valence-electron chi connectivity index (χ0n) is 14.4. The lowest BCUT2D eigenvalue weighted by atomic mass is 9.71. The molecule has 5 rings (SSSR count). The maximum Gasteiger partial charge on any atom is 0.240 e. The summed E-state index contributed by atoms with van der Waals surface area (Å²) in [7, 11) is 0. The number of hydrogen-bond acceptors (Lipinski definition) is 3. The first-order valence-corrected chi connectivity index (χ1v) is 8.94. The van der Waals surface area contributed by atoms with Crippen LogP contribution in [-0.4, -0.2) is 21.6 Å². The van der Waals surface area contributed by atoms with Crippen LogP contribution in [0.4, 0.5) is 11.5 Å². The van der Waals surface area contributed by atoms with E-state index in [1.54, 1.807) is 23.0 Å². The summed E-state index contributed by atoms with van der Waals surface area (Å²) in [4.78, 5) is 25.7. The number of aromatic nitrogens is 2. The zero-order valence-corrected chi connectivity index (χ0v) is 15.2. The third-order valence-electron chi connectivity index (χ3n) is 5.32. The van der Waals surface area contributed by atoms with Gasteiger partial charge >= 0.3 is 0 Å². The molecule has 3 aromatic rings. The lowest BCUT2D eigenvalue weighted by Gasteiger charge is -2.31. The number of rotatable bonds is 1. The molecule has 2 aliphatic rings. The minimum absolute atomic E-state index is 0.0452. The molecule has 0 radical (unpaired) electrons. The Morgan fingerprint density at radius 3 is 2.74 bits per heavy atom. The molecule has 7 heteroatoms. The van der Waals surface area contributed by atoms with Crippen molar-refractivity contribution < 1.29 is 9.59 Å². The number of fused-ring (bicyclic) bond motifs is 4. The van der Waals surface area contributed by atoms with Gasteiger partial charge in [-0.05, 0) is 36.2 Å². The highest BCUT2D eigenvalue weighted by atomic mass is 35.5. The minimum Gasteiger partial charge on any atom is -0.324 e. The average molecular weight is 379 g/mol. The number of aryl methyl sites for hydroxylation is 1. The van der Waals surface area contributed by atoms with Gasteiger partial charge in [-0.3, -0.25) is 9.59 Å². The molecule has 134 valence electrons. The van der Waals surface area contributed by atoms with Gasteiger partial charge in [0.1, 0.15) is 11.2 Å². The van der Waals surface area contributed by atoms with Crippen LogP contribution in [0.3, 0.4) is 0 Å². The molecule has 27 heavy (non-hydrogen) atoms. The first-order valence-electron chi connectivity index (χ1n) is 8.56. The molecular weight excluding hydrogens is 364 g/mol. The van der Waals surface area contributed by atoms with Gasteiger partial charge in [0.15, 0.2) is 0 Å². The van der Waals surface area contributed by atoms with Crippen LogP contribution in [0.15, 0.2) is 48.7 Å². The molecule has 3 heterocycles. The van der Waals surface area contributed by atoms with Crippen molar-refractivity contribution in [3.8, 4) is 5.69 Å². The van der Waals surface area contributed by atoms with Crippen molar-refractivity contribution in [1.82, 2.24) is 9.78 Å². The number of carbonyl (C=O) groups excluding carboxylic acids is 2. The normalized spacial score (nSPS) is 20.2. The van der Waals surface area contributed by atoms with Gasteiger partial charge in [0.25, 0.3) is 0 Å². The van der Waals surface area contributed by atoms with Crippen LogP contribution in [0, 0.1) is 6.92 Å². The molecule has 0 fully saturated rings. The van der Waals surface area contributed by atoms with Gasteiger partial charge in [-0.2, -0.15) is 5.10 Å². The molecule has 0 aliphatic carbocycles. The Morgan fingerprint density at radius 1 is 1.11 bits per heavy atom. The fourth-order valence-electron chi connectivity index (χ4n) is 4.07. The van der Waals surface area contributed by atoms with Crippen molar-refractivity contribution in [1.29, 1.82) is 0 Å². The van der Waals surface area contributed by atoms with Gasteiger partial charge in [0.2, 0.25) is 11.8 Å². The fraction of sp³-hybridized carbons (Fsp3) is 0.150. The molecule has 0 saturated carbocycles. The van der Waals surface area contributed by atoms with Crippen LogP contribution in [0.25, 0.3) is 5.69 Å². The summed E-state index contributed by atoms with van der Waals surface area (Å²) in [6.07, 6.45) is 1.70. The molecule has 2 aromatic carbocycles. The zero-order chi connectivity index (χ0) is 18.8. The first-order chi connectivity index (χ1) is 13.0. The van der Waals surface area contributed by atoms with Crippen molar-refractivity contribution in [3.05, 3.63) is 70.4 Å². The molecule has 2 amide bonds. The Labute approximate surface area is 160 Å². The number of nitrogens with one attached hydrogen (secondary N) is 2. The Balaban J connectivity index is 1.78. The van der Waals surface area contributed by atoms with Crippen LogP contribution in [0.1, 0.15) is 23.1 Å². The van der Waals surface area contributed by atoms with Crippen molar-refractivity contribution in [3.63, 3.8) is 0 Å². The number of amides is 2. The molecule has 0 unspecified atom stereocenters. The topological polar surface area (TPSA) is 76.0 Å². The summed E-state index contributed by atoms with van der Waals surface area (Å²) in [5, 5.41) is 10.9. The Morgan fingerprint density at radius 2 is 1.93 bits per heavy atom. The number of nitrogens with zero attached hydrogens (tertiary/aromatic N) is 2. The molecule has 0 saturated heterocycles. The van der Waals surface area contributed by atoms with E-state index in [0.717, 1.165) is 16.8 Å². The summed E-state index contributed by atoms with van der Waals surface area (Å²) in [5.41, 5.74) is 2.88. The summed E-state index contributed by atoms with van der Waals surface area (Å²) < 4.78 is 1.61. The van der Waals surface area contributed by atoms with Crippen molar-refractivity contribution >= 4 is 34.9 Å². The molecule has 0 bridgehead atoms. The predicted molar refractivity (Wildman–Crippen MR) is 102 cm³/mol. The smallest absolute Gasteiger partial charge is 0.240 e. The van der Waals surface area contributed by atoms with Gasteiger partial charge in [-0.1, -0.05) is 35.9 Å². The van der Waals surface area contributed by atoms with E-state index >= 15 is 0 Å². The first kappa shape index (κ1) is 16.1. The third kappa shape index (κ3) is 2.10. The second-order valence-corrected chi connectivity index (χ2v) is 7.32. The number of benzene rings is 2. The van der Waals surface area contributed by atoms with Gasteiger partial charge < -0.3 is 10.6 Å². The van der Waals surface area contributed by atoms with E-state index in [1.165, 1.54) is 0 Å². The summed E-state index contributed by atoms with van der Waals surface area (Å²) in [6, 6.07) is 12.9. The van der Waals surface area contributed by atoms with Crippen molar-refractivity contribution in [2.45, 2.75) is 18.8 Å². The number of para-hydroxylation sites is 1. The number of halogens is 1. The lowest BCUT2D eigenvalue weighted by molar-refractivity contribution is -0.125. The standard InChI is InChI=1S/C20H15ClN4O2/c1-11-4-2-7-14-17(11)24-19(27)20(14)9-16(26)23-18-15(20)10-22-25(18)13-6-3-5-12(21)8-13/h2-8,10H,9H2,1H3,(H,23,26)(H,24,27)/t20-/m1/s1. The third-order valence-corrected chi connectivity index (χ3v) is 5.56. The maximum atomic E-state index is 13.1. The monoisotopic (exact) mass is 378 g/mol. The van der Waals surface area contributed by atoms with E-state index in [9.17, 15) is 9.59 Å². The van der Waals surface area contributed by atoms with Gasteiger partial charge in [-0.25, -0.2) is 4.68 Å².